The number of fused-ring (bicyclic) bond motifs is 1. The molecule has 0 aliphatic heterocycles. The zero-order valence-electron chi connectivity index (χ0n) is 13.1. The summed E-state index contributed by atoms with van der Waals surface area (Å²) in [6, 6.07) is 15.6. The molecule has 1 heterocycles. The fourth-order valence-corrected chi connectivity index (χ4v) is 2.60. The molecule has 6 nitrogen and oxygen atoms in total. The van der Waals surface area contributed by atoms with Crippen LogP contribution in [0.15, 0.2) is 58.8 Å². The molecule has 0 unspecified atom stereocenters. The van der Waals surface area contributed by atoms with Gasteiger partial charge in [0.1, 0.15) is 0 Å². The van der Waals surface area contributed by atoms with Gasteiger partial charge in [-0.1, -0.05) is 30.3 Å². The number of azo groups is 1. The Bertz CT molecular complexity index is 932. The minimum atomic E-state index is -0.0795. The van der Waals surface area contributed by atoms with E-state index in [-0.39, 0.29) is 11.0 Å². The summed E-state index contributed by atoms with van der Waals surface area (Å²) in [5.41, 5.74) is 8.68. The smallest absolute Gasteiger partial charge is 0.222 e. The van der Waals surface area contributed by atoms with Gasteiger partial charge in [-0.25, -0.2) is 0 Å². The SMILES string of the molecule is Cc1cccc(NCn2c(O)c(N=NC(N)=S)c3ccccc32)c1. The highest BCUT2D eigenvalue weighted by molar-refractivity contribution is 7.80. The third-order valence-corrected chi connectivity index (χ3v) is 3.71. The fraction of sp³-hybridized carbons (Fsp3) is 0.118. The maximum atomic E-state index is 10.5. The number of hydrogen-bond donors (Lipinski definition) is 3. The molecule has 0 saturated carbocycles. The van der Waals surface area contributed by atoms with E-state index in [4.69, 9.17) is 18.0 Å². The number of nitrogens with two attached hydrogens (primary N) is 1. The maximum Gasteiger partial charge on any atom is 0.222 e. The summed E-state index contributed by atoms with van der Waals surface area (Å²) < 4.78 is 1.73. The van der Waals surface area contributed by atoms with Crippen molar-refractivity contribution in [3.05, 3.63) is 54.1 Å². The van der Waals surface area contributed by atoms with E-state index in [0.717, 1.165) is 22.2 Å². The van der Waals surface area contributed by atoms with Gasteiger partial charge in [-0.15, -0.1) is 10.2 Å². The Kier molecular flexibility index (Phi) is 4.43. The molecule has 0 bridgehead atoms. The molecule has 3 rings (SSSR count). The minimum absolute atomic E-state index is 0.0105. The van der Waals surface area contributed by atoms with E-state index in [9.17, 15) is 5.11 Å². The third-order valence-electron chi connectivity index (χ3n) is 3.63. The molecule has 24 heavy (non-hydrogen) atoms. The van der Waals surface area contributed by atoms with Crippen LogP contribution in [0.4, 0.5) is 11.4 Å². The van der Waals surface area contributed by atoms with Crippen molar-refractivity contribution < 1.29 is 5.11 Å². The molecule has 1 aromatic heterocycles. The molecule has 2 aromatic carbocycles. The first-order chi connectivity index (χ1) is 11.6. The van der Waals surface area contributed by atoms with E-state index in [1.54, 1.807) is 4.57 Å². The van der Waals surface area contributed by atoms with Crippen molar-refractivity contribution in [2.45, 2.75) is 13.6 Å². The highest BCUT2D eigenvalue weighted by Crippen LogP contribution is 2.38. The van der Waals surface area contributed by atoms with Gasteiger partial charge in [0.05, 0.1) is 12.2 Å². The lowest BCUT2D eigenvalue weighted by Gasteiger charge is -2.10. The summed E-state index contributed by atoms with van der Waals surface area (Å²) in [7, 11) is 0. The van der Waals surface area contributed by atoms with Gasteiger partial charge in [0, 0.05) is 11.1 Å². The van der Waals surface area contributed by atoms with E-state index in [1.165, 1.54) is 0 Å². The summed E-state index contributed by atoms with van der Waals surface area (Å²) in [4.78, 5) is 0. The second-order valence-corrected chi connectivity index (χ2v) is 5.78. The molecule has 0 amide bonds. The van der Waals surface area contributed by atoms with Crippen LogP contribution in [0.2, 0.25) is 0 Å². The van der Waals surface area contributed by atoms with Crippen LogP contribution >= 0.6 is 12.2 Å². The number of benzene rings is 2. The Morgan fingerprint density at radius 3 is 2.79 bits per heavy atom. The summed E-state index contributed by atoms with van der Waals surface area (Å²) >= 11 is 4.71. The van der Waals surface area contributed by atoms with Crippen LogP contribution in [0.25, 0.3) is 10.9 Å². The molecule has 0 saturated heterocycles. The van der Waals surface area contributed by atoms with Crippen LogP contribution in [0.5, 0.6) is 5.88 Å². The number of aromatic hydroxyl groups is 1. The molecule has 0 atom stereocenters. The lowest BCUT2D eigenvalue weighted by molar-refractivity contribution is 0.428. The molecule has 0 aliphatic carbocycles. The molecule has 0 radical (unpaired) electrons. The zero-order chi connectivity index (χ0) is 17.1. The largest absolute Gasteiger partial charge is 0.493 e. The van der Waals surface area contributed by atoms with Gasteiger partial charge in [-0.2, -0.15) is 0 Å². The highest BCUT2D eigenvalue weighted by Gasteiger charge is 2.16. The van der Waals surface area contributed by atoms with Crippen molar-refractivity contribution in [1.29, 1.82) is 0 Å². The molecule has 0 aliphatic rings. The molecular formula is C17H17N5OS. The predicted molar refractivity (Wildman–Crippen MR) is 99.7 cm³/mol. The number of thiocarbonyl (C=S) groups is 1. The Labute approximate surface area is 144 Å². The van der Waals surface area contributed by atoms with Crippen molar-refractivity contribution in [3.8, 4) is 5.88 Å². The second kappa shape index (κ2) is 6.67. The normalized spacial score (nSPS) is 11.2. The number of nitrogens with zero attached hydrogens (tertiary/aromatic N) is 3. The van der Waals surface area contributed by atoms with Gasteiger partial charge in [0.2, 0.25) is 11.0 Å². The standard InChI is InChI=1S/C17H17N5OS/c1-11-5-4-6-12(9-11)19-10-22-14-8-3-2-7-13(14)15(16(22)23)20-21-17(18)24/h2-9,19,23H,10H2,1H3,(H2,18,24). The number of para-hydroxylation sites is 1. The first-order valence-corrected chi connectivity index (χ1v) is 7.79. The van der Waals surface area contributed by atoms with Crippen LogP contribution in [-0.4, -0.2) is 14.8 Å². The van der Waals surface area contributed by atoms with Crippen molar-refractivity contribution in [2.24, 2.45) is 16.0 Å². The van der Waals surface area contributed by atoms with Gasteiger partial charge in [-0.3, -0.25) is 4.57 Å². The van der Waals surface area contributed by atoms with Gasteiger partial charge < -0.3 is 16.2 Å². The third kappa shape index (κ3) is 3.21. The first-order valence-electron chi connectivity index (χ1n) is 7.38. The second-order valence-electron chi connectivity index (χ2n) is 5.36. The molecule has 7 heteroatoms. The summed E-state index contributed by atoms with van der Waals surface area (Å²) in [6.45, 7) is 2.42. The first kappa shape index (κ1) is 15.9. The van der Waals surface area contributed by atoms with Gasteiger partial charge in [-0.05, 0) is 42.9 Å². The topological polar surface area (TPSA) is 87.9 Å². The van der Waals surface area contributed by atoms with E-state index >= 15 is 0 Å². The molecular weight excluding hydrogens is 322 g/mol. The quantitative estimate of drug-likeness (QED) is 0.494. The lowest BCUT2D eigenvalue weighted by atomic mass is 10.2. The molecule has 3 aromatic rings. The Hall–Kier alpha value is -2.93. The van der Waals surface area contributed by atoms with Crippen molar-refractivity contribution in [1.82, 2.24) is 4.57 Å². The number of rotatable bonds is 4. The van der Waals surface area contributed by atoms with E-state index in [2.05, 4.69) is 15.5 Å². The van der Waals surface area contributed by atoms with E-state index < -0.39 is 0 Å². The van der Waals surface area contributed by atoms with Crippen LogP contribution in [0.1, 0.15) is 5.56 Å². The summed E-state index contributed by atoms with van der Waals surface area (Å²) in [5, 5.41) is 22.2. The summed E-state index contributed by atoms with van der Waals surface area (Å²) in [5.74, 6) is 0.0105. The Morgan fingerprint density at radius 2 is 2.04 bits per heavy atom. The molecule has 122 valence electrons. The summed E-state index contributed by atoms with van der Waals surface area (Å²) in [6.07, 6.45) is 0. The Balaban J connectivity index is 1.98. The number of aromatic nitrogens is 1. The average Bonchev–Trinajstić information content (AvgIpc) is 2.82. The number of hydrogen-bond acceptors (Lipinski definition) is 4. The highest BCUT2D eigenvalue weighted by atomic mass is 32.1. The van der Waals surface area contributed by atoms with Crippen molar-refractivity contribution in [3.63, 3.8) is 0 Å². The zero-order valence-corrected chi connectivity index (χ0v) is 13.9. The minimum Gasteiger partial charge on any atom is -0.493 e. The number of anilines is 1. The van der Waals surface area contributed by atoms with Crippen LogP contribution in [0.3, 0.4) is 0 Å². The molecule has 0 fully saturated rings. The Morgan fingerprint density at radius 1 is 1.25 bits per heavy atom. The van der Waals surface area contributed by atoms with Gasteiger partial charge >= 0.3 is 0 Å². The van der Waals surface area contributed by atoms with Crippen LogP contribution in [0, 0.1) is 6.92 Å². The van der Waals surface area contributed by atoms with Crippen LogP contribution in [-0.2, 0) is 6.67 Å². The maximum absolute atomic E-state index is 10.5. The number of aryl methyl sites for hydroxylation is 1. The average molecular weight is 339 g/mol. The predicted octanol–water partition coefficient (Wildman–Crippen LogP) is 4.05. The molecule has 0 spiro atoms. The monoisotopic (exact) mass is 339 g/mol. The fourth-order valence-electron chi connectivity index (χ4n) is 2.55. The lowest BCUT2D eigenvalue weighted by Crippen LogP contribution is -2.07. The van der Waals surface area contributed by atoms with E-state index in [1.807, 2.05) is 55.5 Å². The van der Waals surface area contributed by atoms with E-state index in [0.29, 0.717) is 12.4 Å². The number of nitrogens with one attached hydrogen (secondary N) is 1. The van der Waals surface area contributed by atoms with Gasteiger partial charge in [0.15, 0.2) is 5.69 Å². The van der Waals surface area contributed by atoms with Crippen LogP contribution < -0.4 is 11.1 Å². The van der Waals surface area contributed by atoms with Crippen molar-refractivity contribution >= 4 is 39.6 Å². The molecule has 4 N–H and O–H groups in total. The van der Waals surface area contributed by atoms with Gasteiger partial charge in [0.25, 0.3) is 0 Å². The van der Waals surface area contributed by atoms with Crippen molar-refractivity contribution in [2.75, 3.05) is 5.32 Å².